The molecule has 0 bridgehead atoms. The van der Waals surface area contributed by atoms with Crippen molar-refractivity contribution in [1.82, 2.24) is 4.98 Å². The second kappa shape index (κ2) is 6.30. The maximum Gasteiger partial charge on any atom is 0.354 e. The van der Waals surface area contributed by atoms with Gasteiger partial charge in [-0.2, -0.15) is 0 Å². The Hall–Kier alpha value is -2.50. The second-order valence-electron chi connectivity index (χ2n) is 4.20. The number of benzene rings is 1. The monoisotopic (exact) mass is 291 g/mol. The zero-order chi connectivity index (χ0) is 15.4. The number of carboxylic acid groups (broad SMARTS) is 1. The van der Waals surface area contributed by atoms with E-state index in [0.717, 1.165) is 0 Å². The van der Waals surface area contributed by atoms with E-state index >= 15 is 0 Å². The van der Waals surface area contributed by atoms with Crippen LogP contribution in [0.15, 0.2) is 18.2 Å². The lowest BCUT2D eigenvalue weighted by molar-refractivity contribution is 0.0690. The SMILES string of the molecule is CCOc1cc2nc(C(=O)O)cc(OC)c2cc1OCC. The van der Waals surface area contributed by atoms with Crippen molar-refractivity contribution in [2.24, 2.45) is 0 Å². The molecule has 6 heteroatoms. The number of hydrogen-bond donors (Lipinski definition) is 1. The fourth-order valence-corrected chi connectivity index (χ4v) is 2.02. The molecule has 6 nitrogen and oxygen atoms in total. The Labute approximate surface area is 122 Å². The fourth-order valence-electron chi connectivity index (χ4n) is 2.02. The zero-order valence-corrected chi connectivity index (χ0v) is 12.2. The molecule has 1 aromatic heterocycles. The molecule has 2 rings (SSSR count). The quantitative estimate of drug-likeness (QED) is 0.881. The van der Waals surface area contributed by atoms with E-state index in [1.807, 2.05) is 13.8 Å². The van der Waals surface area contributed by atoms with Crippen molar-refractivity contribution in [1.29, 1.82) is 0 Å². The van der Waals surface area contributed by atoms with Gasteiger partial charge in [0, 0.05) is 17.5 Å². The van der Waals surface area contributed by atoms with Crippen LogP contribution in [0.25, 0.3) is 10.9 Å². The van der Waals surface area contributed by atoms with E-state index in [-0.39, 0.29) is 5.69 Å². The van der Waals surface area contributed by atoms with Crippen LogP contribution in [0.3, 0.4) is 0 Å². The van der Waals surface area contributed by atoms with Gasteiger partial charge in [-0.25, -0.2) is 9.78 Å². The van der Waals surface area contributed by atoms with Gasteiger partial charge in [-0.05, 0) is 19.9 Å². The van der Waals surface area contributed by atoms with E-state index in [9.17, 15) is 4.79 Å². The first kappa shape index (κ1) is 14.9. The van der Waals surface area contributed by atoms with Gasteiger partial charge in [0.05, 0.1) is 25.8 Å². The summed E-state index contributed by atoms with van der Waals surface area (Å²) in [5.41, 5.74) is 0.407. The van der Waals surface area contributed by atoms with Crippen molar-refractivity contribution in [3.63, 3.8) is 0 Å². The summed E-state index contributed by atoms with van der Waals surface area (Å²) in [6, 6.07) is 4.81. The first-order chi connectivity index (χ1) is 10.1. The van der Waals surface area contributed by atoms with Crippen LogP contribution in [0.4, 0.5) is 0 Å². The molecule has 1 aromatic carbocycles. The summed E-state index contributed by atoms with van der Waals surface area (Å²) in [7, 11) is 1.48. The normalized spacial score (nSPS) is 10.4. The number of ether oxygens (including phenoxy) is 3. The maximum absolute atomic E-state index is 11.1. The third kappa shape index (κ3) is 2.99. The molecule has 0 spiro atoms. The van der Waals surface area contributed by atoms with Crippen molar-refractivity contribution < 1.29 is 24.1 Å². The Balaban J connectivity index is 2.70. The van der Waals surface area contributed by atoms with Crippen LogP contribution in [0.1, 0.15) is 24.3 Å². The lowest BCUT2D eigenvalue weighted by Gasteiger charge is -2.13. The van der Waals surface area contributed by atoms with Gasteiger partial charge in [0.1, 0.15) is 5.75 Å². The molecule has 112 valence electrons. The zero-order valence-electron chi connectivity index (χ0n) is 12.2. The van der Waals surface area contributed by atoms with E-state index in [1.165, 1.54) is 13.2 Å². The minimum absolute atomic E-state index is 0.0778. The minimum atomic E-state index is -1.11. The van der Waals surface area contributed by atoms with Gasteiger partial charge in [0.15, 0.2) is 17.2 Å². The van der Waals surface area contributed by atoms with Crippen LogP contribution in [0.2, 0.25) is 0 Å². The number of hydrogen-bond acceptors (Lipinski definition) is 5. The van der Waals surface area contributed by atoms with E-state index in [1.54, 1.807) is 12.1 Å². The van der Waals surface area contributed by atoms with Crippen molar-refractivity contribution in [2.75, 3.05) is 20.3 Å². The molecule has 0 aliphatic carbocycles. The smallest absolute Gasteiger partial charge is 0.354 e. The number of carbonyl (C=O) groups is 1. The van der Waals surface area contributed by atoms with Gasteiger partial charge in [-0.15, -0.1) is 0 Å². The molecule has 0 aliphatic rings. The Morgan fingerprint density at radius 3 is 2.24 bits per heavy atom. The molecule has 0 radical (unpaired) electrons. The van der Waals surface area contributed by atoms with Crippen molar-refractivity contribution in [3.8, 4) is 17.2 Å². The van der Waals surface area contributed by atoms with Gasteiger partial charge < -0.3 is 19.3 Å². The van der Waals surface area contributed by atoms with Gasteiger partial charge in [0.25, 0.3) is 0 Å². The second-order valence-corrected chi connectivity index (χ2v) is 4.20. The van der Waals surface area contributed by atoms with Crippen LogP contribution >= 0.6 is 0 Å². The molecule has 2 aromatic rings. The molecule has 0 saturated heterocycles. The van der Waals surface area contributed by atoms with E-state index in [2.05, 4.69) is 4.98 Å². The van der Waals surface area contributed by atoms with Crippen LogP contribution in [0, 0.1) is 0 Å². The molecule has 0 aliphatic heterocycles. The largest absolute Gasteiger partial charge is 0.496 e. The topological polar surface area (TPSA) is 77.9 Å². The number of rotatable bonds is 6. The van der Waals surface area contributed by atoms with Crippen LogP contribution in [-0.2, 0) is 0 Å². The van der Waals surface area contributed by atoms with Gasteiger partial charge >= 0.3 is 5.97 Å². The highest BCUT2D eigenvalue weighted by Crippen LogP contribution is 2.36. The minimum Gasteiger partial charge on any atom is -0.496 e. The number of carboxylic acids is 1. The van der Waals surface area contributed by atoms with Gasteiger partial charge in [-0.1, -0.05) is 0 Å². The third-order valence-electron chi connectivity index (χ3n) is 2.87. The van der Waals surface area contributed by atoms with Gasteiger partial charge in [0.2, 0.25) is 0 Å². The highest BCUT2D eigenvalue weighted by Gasteiger charge is 2.15. The van der Waals surface area contributed by atoms with Crippen LogP contribution in [-0.4, -0.2) is 36.4 Å². The Bertz CT molecular complexity index is 669. The van der Waals surface area contributed by atoms with Crippen molar-refractivity contribution >= 4 is 16.9 Å². The Morgan fingerprint density at radius 1 is 1.10 bits per heavy atom. The summed E-state index contributed by atoms with van der Waals surface area (Å²) >= 11 is 0. The van der Waals surface area contributed by atoms with E-state index in [4.69, 9.17) is 19.3 Å². The number of nitrogens with zero attached hydrogens (tertiary/aromatic N) is 1. The fraction of sp³-hybridized carbons (Fsp3) is 0.333. The molecule has 1 N–H and O–H groups in total. The highest BCUT2D eigenvalue weighted by molar-refractivity contribution is 5.94. The maximum atomic E-state index is 11.1. The number of methoxy groups -OCH3 is 1. The number of fused-ring (bicyclic) bond motifs is 1. The summed E-state index contributed by atoms with van der Waals surface area (Å²) in [6.45, 7) is 4.71. The molecule has 0 saturated carbocycles. The molecule has 21 heavy (non-hydrogen) atoms. The number of aromatic nitrogens is 1. The molecule has 0 fully saturated rings. The standard InChI is InChI=1S/C15H17NO5/c1-4-20-13-6-9-10(7-14(13)21-5-2)16-11(15(17)18)8-12(9)19-3/h6-8H,4-5H2,1-3H3,(H,17,18). The molecular formula is C15H17NO5. The predicted molar refractivity (Wildman–Crippen MR) is 77.6 cm³/mol. The average Bonchev–Trinajstić information content (AvgIpc) is 2.47. The molecule has 0 amide bonds. The van der Waals surface area contributed by atoms with Crippen LogP contribution in [0.5, 0.6) is 17.2 Å². The third-order valence-corrected chi connectivity index (χ3v) is 2.87. The first-order valence-corrected chi connectivity index (χ1v) is 6.62. The average molecular weight is 291 g/mol. The van der Waals surface area contributed by atoms with Gasteiger partial charge in [-0.3, -0.25) is 0 Å². The molecule has 1 heterocycles. The van der Waals surface area contributed by atoms with E-state index < -0.39 is 5.97 Å². The number of pyridine rings is 1. The van der Waals surface area contributed by atoms with Crippen molar-refractivity contribution in [2.45, 2.75) is 13.8 Å². The summed E-state index contributed by atoms with van der Waals surface area (Å²) in [5, 5.41) is 9.78. The van der Waals surface area contributed by atoms with E-state index in [0.29, 0.717) is 41.4 Å². The number of aromatic carboxylic acids is 1. The molecule has 0 atom stereocenters. The van der Waals surface area contributed by atoms with Crippen LogP contribution < -0.4 is 14.2 Å². The summed E-state index contributed by atoms with van der Waals surface area (Å²) in [5.74, 6) is 0.433. The Morgan fingerprint density at radius 2 is 1.71 bits per heavy atom. The lowest BCUT2D eigenvalue weighted by atomic mass is 10.1. The molecule has 0 unspecified atom stereocenters. The first-order valence-electron chi connectivity index (χ1n) is 6.62. The lowest BCUT2D eigenvalue weighted by Crippen LogP contribution is -2.03. The predicted octanol–water partition coefficient (Wildman–Crippen LogP) is 2.74. The van der Waals surface area contributed by atoms with Crippen molar-refractivity contribution in [3.05, 3.63) is 23.9 Å². The summed E-state index contributed by atoms with van der Waals surface area (Å²) < 4.78 is 16.3. The highest BCUT2D eigenvalue weighted by atomic mass is 16.5. The summed E-state index contributed by atoms with van der Waals surface area (Å²) in [6.07, 6.45) is 0. The summed E-state index contributed by atoms with van der Waals surface area (Å²) in [4.78, 5) is 15.2. The Kier molecular flexibility index (Phi) is 4.47. The molecular weight excluding hydrogens is 274 g/mol.